The number of ether oxygens (including phenoxy) is 2. The van der Waals surface area contributed by atoms with Crippen molar-refractivity contribution < 1.29 is 28.0 Å². The van der Waals surface area contributed by atoms with E-state index in [2.05, 4.69) is 78.9 Å². The van der Waals surface area contributed by atoms with Crippen molar-refractivity contribution in [3.8, 4) is 11.1 Å². The number of fused-ring (bicyclic) bond motifs is 3. The normalized spacial score (nSPS) is 14.7. The molecule has 2 aromatic carbocycles. The number of carbonyl (C=O) groups is 2. The number of hydroxylamine groups is 2. The molecule has 7 nitrogen and oxygen atoms in total. The van der Waals surface area contributed by atoms with Crippen molar-refractivity contribution in [2.24, 2.45) is 0 Å². The van der Waals surface area contributed by atoms with Crippen LogP contribution in [0.2, 0.25) is 36.3 Å². The van der Waals surface area contributed by atoms with Crippen LogP contribution in [0.4, 0.5) is 4.79 Å². The molecular formula is C32H49NO6Si2. The predicted molar refractivity (Wildman–Crippen MR) is 169 cm³/mol. The molecule has 0 saturated carbocycles. The maximum atomic E-state index is 13.9. The van der Waals surface area contributed by atoms with Gasteiger partial charge in [0.15, 0.2) is 14.4 Å². The summed E-state index contributed by atoms with van der Waals surface area (Å²) in [4.78, 5) is 27.3. The van der Waals surface area contributed by atoms with E-state index >= 15 is 0 Å². The molecule has 0 aliphatic heterocycles. The molecule has 0 unspecified atom stereocenters. The van der Waals surface area contributed by atoms with Crippen molar-refractivity contribution in [3.05, 3.63) is 59.7 Å². The van der Waals surface area contributed by atoms with E-state index in [-0.39, 0.29) is 35.8 Å². The number of carbonyl (C=O) groups excluding carboxylic acids is 2. The van der Waals surface area contributed by atoms with E-state index in [4.69, 9.17) is 18.4 Å². The summed E-state index contributed by atoms with van der Waals surface area (Å²) in [5.74, 6) is -0.691. The Labute approximate surface area is 248 Å². The number of hydrogen-bond acceptors (Lipinski definition) is 6. The van der Waals surface area contributed by atoms with Gasteiger partial charge in [0.05, 0.1) is 13.2 Å². The SMILES string of the molecule is CCOC(=O)[C@H](CO[Si](C)(C)C(C)(C)C)N(O[Si](C)(C)C(C)(C)C)C(=O)OCC1c2ccccc2-c2ccccc21. The fourth-order valence-corrected chi connectivity index (χ4v) is 6.22. The Kier molecular flexibility index (Phi) is 10.0. The molecule has 0 spiro atoms. The molecule has 2 aromatic rings. The summed E-state index contributed by atoms with van der Waals surface area (Å²) >= 11 is 0. The minimum Gasteiger partial charge on any atom is -0.464 e. The van der Waals surface area contributed by atoms with Crippen LogP contribution in [0, 0.1) is 0 Å². The molecule has 41 heavy (non-hydrogen) atoms. The second-order valence-corrected chi connectivity index (χ2v) is 23.3. The number of rotatable bonds is 10. The smallest absolute Gasteiger partial charge is 0.433 e. The van der Waals surface area contributed by atoms with Crippen LogP contribution in [-0.4, -0.2) is 59.6 Å². The van der Waals surface area contributed by atoms with Gasteiger partial charge in [0.25, 0.3) is 0 Å². The lowest BCUT2D eigenvalue weighted by Gasteiger charge is -2.42. The van der Waals surface area contributed by atoms with Gasteiger partial charge >= 0.3 is 12.1 Å². The summed E-state index contributed by atoms with van der Waals surface area (Å²) in [6, 6.07) is 15.3. The summed E-state index contributed by atoms with van der Waals surface area (Å²) in [7, 11) is -4.84. The monoisotopic (exact) mass is 599 g/mol. The van der Waals surface area contributed by atoms with Crippen molar-refractivity contribution >= 4 is 28.7 Å². The van der Waals surface area contributed by atoms with Gasteiger partial charge in [-0.25, -0.2) is 9.59 Å². The van der Waals surface area contributed by atoms with Gasteiger partial charge in [-0.05, 0) is 65.4 Å². The van der Waals surface area contributed by atoms with Crippen molar-refractivity contribution in [2.45, 2.75) is 96.7 Å². The zero-order valence-electron chi connectivity index (χ0n) is 26.8. The lowest BCUT2D eigenvalue weighted by atomic mass is 9.98. The van der Waals surface area contributed by atoms with Crippen LogP contribution in [-0.2, 0) is 23.2 Å². The van der Waals surface area contributed by atoms with Gasteiger partial charge in [-0.15, -0.1) is 0 Å². The van der Waals surface area contributed by atoms with Gasteiger partial charge in [0.1, 0.15) is 6.61 Å². The summed E-state index contributed by atoms with van der Waals surface area (Å²) in [6.07, 6.45) is -0.714. The molecule has 0 heterocycles. The van der Waals surface area contributed by atoms with Crippen LogP contribution in [0.15, 0.2) is 48.5 Å². The summed E-state index contributed by atoms with van der Waals surface area (Å²) < 4.78 is 24.4. The third-order valence-electron chi connectivity index (χ3n) is 8.90. The van der Waals surface area contributed by atoms with E-state index < -0.39 is 34.7 Å². The highest BCUT2D eigenvalue weighted by atomic mass is 28.4. The first-order valence-electron chi connectivity index (χ1n) is 14.5. The van der Waals surface area contributed by atoms with Crippen LogP contribution in [0.1, 0.15) is 65.5 Å². The fraction of sp³-hybridized carbons (Fsp3) is 0.562. The molecule has 1 aliphatic carbocycles. The number of hydrogen-bond donors (Lipinski definition) is 0. The number of amides is 1. The lowest BCUT2D eigenvalue weighted by molar-refractivity contribution is -0.166. The third-order valence-corrected chi connectivity index (χ3v) is 17.7. The minimum absolute atomic E-state index is 0.0336. The van der Waals surface area contributed by atoms with E-state index in [0.717, 1.165) is 27.3 Å². The van der Waals surface area contributed by atoms with E-state index in [1.807, 2.05) is 37.4 Å². The standard InChI is InChI=1S/C32H49NO6Si2/c1-12-36-29(34)28(22-38-40(8,9)31(2,3)4)33(39-41(10,11)32(5,6)7)30(35)37-21-27-25-19-15-13-17-23(25)24-18-14-16-20-26(24)27/h13-20,27-28H,12,21-22H2,1-11H3/t28-/m0/s1. The predicted octanol–water partition coefficient (Wildman–Crippen LogP) is 8.13. The zero-order chi connectivity index (χ0) is 30.8. The zero-order valence-corrected chi connectivity index (χ0v) is 28.8. The molecular weight excluding hydrogens is 551 g/mol. The molecule has 1 atom stereocenters. The Morgan fingerprint density at radius 2 is 1.29 bits per heavy atom. The highest BCUT2D eigenvalue weighted by Gasteiger charge is 2.46. The first-order valence-corrected chi connectivity index (χ1v) is 20.4. The van der Waals surface area contributed by atoms with Crippen molar-refractivity contribution in [1.82, 2.24) is 5.06 Å². The molecule has 226 valence electrons. The minimum atomic E-state index is -2.58. The van der Waals surface area contributed by atoms with Gasteiger partial charge in [0.2, 0.25) is 8.32 Å². The van der Waals surface area contributed by atoms with Crippen LogP contribution in [0.3, 0.4) is 0 Å². The maximum Gasteiger partial charge on any atom is 0.433 e. The Balaban J connectivity index is 1.94. The molecule has 3 rings (SSSR count). The van der Waals surface area contributed by atoms with Crippen LogP contribution in [0.5, 0.6) is 0 Å². The Bertz CT molecular complexity index is 1190. The number of benzene rings is 2. The summed E-state index contributed by atoms with van der Waals surface area (Å²) in [6.45, 7) is 22.9. The highest BCUT2D eigenvalue weighted by molar-refractivity contribution is 6.74. The average Bonchev–Trinajstić information content (AvgIpc) is 3.19. The van der Waals surface area contributed by atoms with Crippen molar-refractivity contribution in [3.63, 3.8) is 0 Å². The van der Waals surface area contributed by atoms with Gasteiger partial charge in [-0.3, -0.25) is 0 Å². The van der Waals surface area contributed by atoms with E-state index in [0.29, 0.717) is 0 Å². The molecule has 1 aliphatic rings. The second kappa shape index (κ2) is 12.4. The Hall–Kier alpha value is -2.47. The van der Waals surface area contributed by atoms with E-state index in [1.165, 1.54) is 0 Å². The summed E-state index contributed by atoms with van der Waals surface area (Å²) in [5.41, 5.74) is 4.51. The molecule has 0 N–H and O–H groups in total. The van der Waals surface area contributed by atoms with E-state index in [1.54, 1.807) is 6.92 Å². The van der Waals surface area contributed by atoms with Gasteiger partial charge in [-0.2, -0.15) is 5.06 Å². The van der Waals surface area contributed by atoms with Gasteiger partial charge < -0.3 is 18.4 Å². The first kappa shape index (κ1) is 33.0. The highest BCUT2D eigenvalue weighted by Crippen LogP contribution is 2.45. The summed E-state index contributed by atoms with van der Waals surface area (Å²) in [5, 5.41) is 0.810. The molecule has 0 aromatic heterocycles. The second-order valence-electron chi connectivity index (χ2n) is 13.8. The van der Waals surface area contributed by atoms with Crippen LogP contribution >= 0.6 is 0 Å². The molecule has 0 bridgehead atoms. The molecule has 1 amide bonds. The number of nitrogens with zero attached hydrogens (tertiary/aromatic N) is 1. The Morgan fingerprint density at radius 3 is 1.76 bits per heavy atom. The molecule has 0 saturated heterocycles. The molecule has 9 heteroatoms. The third kappa shape index (κ3) is 7.31. The first-order chi connectivity index (χ1) is 18.9. The Morgan fingerprint density at radius 1 is 0.805 bits per heavy atom. The molecule has 0 radical (unpaired) electrons. The van der Waals surface area contributed by atoms with Crippen molar-refractivity contribution in [1.29, 1.82) is 0 Å². The molecule has 0 fully saturated rings. The lowest BCUT2D eigenvalue weighted by Crippen LogP contribution is -2.57. The average molecular weight is 600 g/mol. The fourth-order valence-electron chi connectivity index (χ4n) is 4.24. The van der Waals surface area contributed by atoms with Gasteiger partial charge in [-0.1, -0.05) is 90.1 Å². The van der Waals surface area contributed by atoms with Crippen LogP contribution < -0.4 is 0 Å². The largest absolute Gasteiger partial charge is 0.464 e. The van der Waals surface area contributed by atoms with Crippen molar-refractivity contribution in [2.75, 3.05) is 19.8 Å². The topological polar surface area (TPSA) is 74.3 Å². The quantitative estimate of drug-likeness (QED) is 0.156. The van der Waals surface area contributed by atoms with E-state index in [9.17, 15) is 9.59 Å². The maximum absolute atomic E-state index is 13.9. The van der Waals surface area contributed by atoms with Gasteiger partial charge in [0, 0.05) is 5.92 Å². The number of esters is 1. The van der Waals surface area contributed by atoms with Crippen LogP contribution in [0.25, 0.3) is 11.1 Å².